The topological polar surface area (TPSA) is 67.8 Å². The molecule has 0 saturated carbocycles. The highest BCUT2D eigenvalue weighted by Gasteiger charge is 2.21. The van der Waals surface area contributed by atoms with Gasteiger partial charge in [-0.3, -0.25) is 4.79 Å². The van der Waals surface area contributed by atoms with Crippen LogP contribution >= 0.6 is 11.8 Å². The van der Waals surface area contributed by atoms with Crippen LogP contribution in [0.3, 0.4) is 0 Å². The molecule has 1 aromatic heterocycles. The molecule has 26 heavy (non-hydrogen) atoms. The van der Waals surface area contributed by atoms with Crippen LogP contribution in [0.4, 0.5) is 11.5 Å². The number of rotatable bonds is 6. The Morgan fingerprint density at radius 1 is 1.04 bits per heavy atom. The van der Waals surface area contributed by atoms with Crippen molar-refractivity contribution in [1.82, 2.24) is 9.97 Å². The summed E-state index contributed by atoms with van der Waals surface area (Å²) in [4.78, 5) is 24.8. The van der Waals surface area contributed by atoms with E-state index < -0.39 is 0 Å². The number of anilines is 2. The lowest BCUT2D eigenvalue weighted by Gasteiger charge is -2.37. The Labute approximate surface area is 157 Å². The molecule has 8 heteroatoms. The SMILES string of the molecule is COC(=O)CSc1nccnc1N1CCN(c2ccc(OC)cc2)CC1. The quantitative estimate of drug-likeness (QED) is 0.562. The number of carbonyl (C=O) groups is 1. The molecule has 1 aliphatic heterocycles. The number of piperazine rings is 1. The summed E-state index contributed by atoms with van der Waals surface area (Å²) in [5.74, 6) is 1.65. The van der Waals surface area contributed by atoms with Crippen molar-refractivity contribution in [3.63, 3.8) is 0 Å². The van der Waals surface area contributed by atoms with Gasteiger partial charge in [-0.2, -0.15) is 0 Å². The Morgan fingerprint density at radius 2 is 1.69 bits per heavy atom. The average molecular weight is 374 g/mol. The number of hydrogen-bond donors (Lipinski definition) is 0. The lowest BCUT2D eigenvalue weighted by molar-refractivity contribution is -0.137. The molecule has 0 aliphatic carbocycles. The van der Waals surface area contributed by atoms with E-state index in [4.69, 9.17) is 9.47 Å². The third-order valence-electron chi connectivity index (χ3n) is 4.22. The van der Waals surface area contributed by atoms with Crippen LogP contribution in [0, 0.1) is 0 Å². The summed E-state index contributed by atoms with van der Waals surface area (Å²) < 4.78 is 9.91. The third kappa shape index (κ3) is 4.37. The van der Waals surface area contributed by atoms with Crippen LogP contribution in [0.15, 0.2) is 41.7 Å². The maximum atomic E-state index is 11.4. The second-order valence-electron chi connectivity index (χ2n) is 5.72. The minimum atomic E-state index is -0.268. The highest BCUT2D eigenvalue weighted by molar-refractivity contribution is 8.00. The first-order valence-electron chi connectivity index (χ1n) is 8.36. The number of hydrogen-bond acceptors (Lipinski definition) is 8. The number of esters is 1. The van der Waals surface area contributed by atoms with Gasteiger partial charge in [-0.25, -0.2) is 9.97 Å². The zero-order valence-electron chi connectivity index (χ0n) is 14.9. The van der Waals surface area contributed by atoms with Gasteiger partial charge < -0.3 is 19.3 Å². The fourth-order valence-electron chi connectivity index (χ4n) is 2.79. The van der Waals surface area contributed by atoms with E-state index in [9.17, 15) is 4.79 Å². The van der Waals surface area contributed by atoms with Crippen LogP contribution in [0.25, 0.3) is 0 Å². The van der Waals surface area contributed by atoms with Gasteiger partial charge in [0.1, 0.15) is 10.8 Å². The zero-order chi connectivity index (χ0) is 18.4. The Balaban J connectivity index is 1.63. The van der Waals surface area contributed by atoms with Gasteiger partial charge in [0.2, 0.25) is 0 Å². The standard InChI is InChI=1S/C18H22N4O3S/c1-24-15-5-3-14(4-6-15)21-9-11-22(12-10-21)17-18(20-8-7-19-17)26-13-16(23)25-2/h3-8H,9-13H2,1-2H3. The average Bonchev–Trinajstić information content (AvgIpc) is 2.72. The van der Waals surface area contributed by atoms with E-state index in [-0.39, 0.29) is 11.7 Å². The van der Waals surface area contributed by atoms with Gasteiger partial charge in [-0.1, -0.05) is 11.8 Å². The Hall–Kier alpha value is -2.48. The minimum absolute atomic E-state index is 0.230. The zero-order valence-corrected chi connectivity index (χ0v) is 15.7. The Morgan fingerprint density at radius 3 is 2.35 bits per heavy atom. The molecular formula is C18H22N4O3S. The monoisotopic (exact) mass is 374 g/mol. The normalized spacial score (nSPS) is 14.2. The molecule has 3 rings (SSSR count). The van der Waals surface area contributed by atoms with E-state index in [0.717, 1.165) is 42.8 Å². The molecule has 0 spiro atoms. The van der Waals surface area contributed by atoms with Crippen LogP contribution in [0.2, 0.25) is 0 Å². The van der Waals surface area contributed by atoms with E-state index in [1.165, 1.54) is 24.6 Å². The molecular weight excluding hydrogens is 352 g/mol. The van der Waals surface area contributed by atoms with E-state index in [2.05, 4.69) is 31.9 Å². The van der Waals surface area contributed by atoms with Gasteiger partial charge in [0.25, 0.3) is 0 Å². The van der Waals surface area contributed by atoms with E-state index >= 15 is 0 Å². The van der Waals surface area contributed by atoms with Crippen LogP contribution in [0.5, 0.6) is 5.75 Å². The molecule has 1 fully saturated rings. The summed E-state index contributed by atoms with van der Waals surface area (Å²) in [6.07, 6.45) is 3.34. The third-order valence-corrected chi connectivity index (χ3v) is 5.16. The molecule has 138 valence electrons. The van der Waals surface area contributed by atoms with Crippen molar-refractivity contribution in [2.75, 3.05) is 56.0 Å². The minimum Gasteiger partial charge on any atom is -0.497 e. The van der Waals surface area contributed by atoms with Crippen molar-refractivity contribution in [2.24, 2.45) is 0 Å². The number of nitrogens with zero attached hydrogens (tertiary/aromatic N) is 4. The first-order valence-corrected chi connectivity index (χ1v) is 9.34. The second-order valence-corrected chi connectivity index (χ2v) is 6.69. The maximum Gasteiger partial charge on any atom is 0.316 e. The van der Waals surface area contributed by atoms with E-state index in [1.54, 1.807) is 19.5 Å². The van der Waals surface area contributed by atoms with E-state index in [0.29, 0.717) is 0 Å². The second kappa shape index (κ2) is 8.75. The van der Waals surface area contributed by atoms with Crippen LogP contribution < -0.4 is 14.5 Å². The lowest BCUT2D eigenvalue weighted by Crippen LogP contribution is -2.47. The lowest BCUT2D eigenvalue weighted by atomic mass is 10.2. The maximum absolute atomic E-state index is 11.4. The van der Waals surface area contributed by atoms with Crippen LogP contribution in [0.1, 0.15) is 0 Å². The van der Waals surface area contributed by atoms with Gasteiger partial charge >= 0.3 is 5.97 Å². The number of thioether (sulfide) groups is 1. The molecule has 2 aromatic rings. The highest BCUT2D eigenvalue weighted by Crippen LogP contribution is 2.28. The predicted molar refractivity (Wildman–Crippen MR) is 102 cm³/mol. The summed E-state index contributed by atoms with van der Waals surface area (Å²) >= 11 is 1.36. The molecule has 0 radical (unpaired) electrons. The molecule has 1 saturated heterocycles. The number of methoxy groups -OCH3 is 2. The molecule has 0 bridgehead atoms. The van der Waals surface area contributed by atoms with Crippen molar-refractivity contribution in [3.8, 4) is 5.75 Å². The Bertz CT molecular complexity index is 733. The smallest absolute Gasteiger partial charge is 0.316 e. The number of carbonyl (C=O) groups excluding carboxylic acids is 1. The fraction of sp³-hybridized carbons (Fsp3) is 0.389. The molecule has 1 aliphatic rings. The number of ether oxygens (including phenoxy) is 2. The predicted octanol–water partition coefficient (Wildman–Crippen LogP) is 2.08. The molecule has 2 heterocycles. The summed E-state index contributed by atoms with van der Waals surface area (Å²) in [6, 6.07) is 8.11. The van der Waals surface area contributed by atoms with Gasteiger partial charge in [-0.05, 0) is 24.3 Å². The van der Waals surface area contributed by atoms with Crippen molar-refractivity contribution in [2.45, 2.75) is 5.03 Å². The molecule has 0 atom stereocenters. The molecule has 1 aromatic carbocycles. The molecule has 7 nitrogen and oxygen atoms in total. The highest BCUT2D eigenvalue weighted by atomic mass is 32.2. The van der Waals surface area contributed by atoms with Crippen LogP contribution in [-0.4, -0.2) is 62.1 Å². The van der Waals surface area contributed by atoms with Gasteiger partial charge in [0.15, 0.2) is 5.82 Å². The van der Waals surface area contributed by atoms with E-state index in [1.807, 2.05) is 12.1 Å². The van der Waals surface area contributed by atoms with Crippen molar-refractivity contribution in [1.29, 1.82) is 0 Å². The fourth-order valence-corrected chi connectivity index (χ4v) is 3.61. The Kier molecular flexibility index (Phi) is 6.17. The molecule has 0 N–H and O–H groups in total. The summed E-state index contributed by atoms with van der Waals surface area (Å²) in [7, 11) is 3.06. The van der Waals surface area contributed by atoms with Crippen molar-refractivity contribution < 1.29 is 14.3 Å². The first-order chi connectivity index (χ1) is 12.7. The summed E-state index contributed by atoms with van der Waals surface area (Å²) in [6.45, 7) is 3.47. The summed E-state index contributed by atoms with van der Waals surface area (Å²) in [5, 5.41) is 0.760. The number of benzene rings is 1. The molecule has 0 amide bonds. The van der Waals surface area contributed by atoms with Crippen molar-refractivity contribution in [3.05, 3.63) is 36.7 Å². The van der Waals surface area contributed by atoms with Crippen molar-refractivity contribution >= 4 is 29.2 Å². The van der Waals surface area contributed by atoms with Gasteiger partial charge in [0, 0.05) is 44.3 Å². The van der Waals surface area contributed by atoms with Crippen LogP contribution in [-0.2, 0) is 9.53 Å². The first kappa shape index (κ1) is 18.3. The summed E-state index contributed by atoms with van der Waals surface area (Å²) in [5.41, 5.74) is 1.19. The van der Waals surface area contributed by atoms with Gasteiger partial charge in [0.05, 0.1) is 20.0 Å². The van der Waals surface area contributed by atoms with Gasteiger partial charge in [-0.15, -0.1) is 0 Å². The largest absolute Gasteiger partial charge is 0.497 e. The molecule has 0 unspecified atom stereocenters. The number of aromatic nitrogens is 2.